The van der Waals surface area contributed by atoms with E-state index in [4.69, 9.17) is 4.74 Å². The van der Waals surface area contributed by atoms with E-state index in [9.17, 15) is 23.2 Å². The quantitative estimate of drug-likeness (QED) is 0.636. The average Bonchev–Trinajstić information content (AvgIpc) is 2.78. The van der Waals surface area contributed by atoms with Crippen LogP contribution in [0.15, 0.2) is 42.5 Å². The summed E-state index contributed by atoms with van der Waals surface area (Å²) in [6.07, 6.45) is -4.81. The third-order valence-electron chi connectivity index (χ3n) is 3.45. The van der Waals surface area contributed by atoms with Crippen molar-refractivity contribution in [1.29, 1.82) is 0 Å². The summed E-state index contributed by atoms with van der Waals surface area (Å²) >= 11 is 0. The van der Waals surface area contributed by atoms with Gasteiger partial charge in [-0.3, -0.25) is 4.79 Å². The second-order valence-electron chi connectivity index (χ2n) is 4.90. The number of nitrogens with zero attached hydrogens (tertiary/aromatic N) is 1. The lowest BCUT2D eigenvalue weighted by Crippen LogP contribution is -2.18. The fourth-order valence-corrected chi connectivity index (χ4v) is 2.47. The number of hydrogen-bond acceptors (Lipinski definition) is 4. The number of rotatable bonds is 3. The zero-order valence-corrected chi connectivity index (χ0v) is 12.3. The Morgan fingerprint density at radius 3 is 2.33 bits per heavy atom. The van der Waals surface area contributed by atoms with Crippen molar-refractivity contribution in [2.45, 2.75) is 6.36 Å². The van der Waals surface area contributed by atoms with Crippen molar-refractivity contribution in [3.63, 3.8) is 0 Å². The van der Waals surface area contributed by atoms with Crippen molar-refractivity contribution in [3.05, 3.63) is 58.8 Å². The zero-order valence-electron chi connectivity index (χ0n) is 12.3. The topological polar surface area (TPSA) is 61.6 Å². The number of methoxy groups -OCH3 is 1. The maximum Gasteiger partial charge on any atom is 0.573 e. The Bertz CT molecular complexity index is 841. The van der Waals surface area contributed by atoms with E-state index in [1.165, 1.54) is 25.3 Å². The molecule has 1 heterocycles. The summed E-state index contributed by atoms with van der Waals surface area (Å²) in [5, 5.41) is 12.5. The minimum atomic E-state index is -4.81. The average molecular weight is 337 g/mol. The fourth-order valence-electron chi connectivity index (χ4n) is 2.47. The third-order valence-corrected chi connectivity index (χ3v) is 3.45. The van der Waals surface area contributed by atoms with Gasteiger partial charge in [0.2, 0.25) is 0 Å². The van der Waals surface area contributed by atoms with Gasteiger partial charge in [-0.1, -0.05) is 6.07 Å². The summed E-state index contributed by atoms with van der Waals surface area (Å²) < 4.78 is 45.8. The Morgan fingerprint density at radius 1 is 1.08 bits per heavy atom. The van der Waals surface area contributed by atoms with E-state index < -0.39 is 17.9 Å². The number of alkyl halides is 3. The molecule has 124 valence electrons. The standard InChI is InChI=1S/C16H10F3NO4/c1-23-12-4-2-3-11-14(12)20(22)13(15(11)21)9-5-7-10(8-6-9)24-16(17,18)19/h2-8H,1H3. The van der Waals surface area contributed by atoms with Crippen molar-refractivity contribution in [3.8, 4) is 11.5 Å². The van der Waals surface area contributed by atoms with E-state index in [0.717, 1.165) is 12.1 Å². The van der Waals surface area contributed by atoms with Crippen LogP contribution in [0.1, 0.15) is 15.9 Å². The zero-order chi connectivity index (χ0) is 17.5. The van der Waals surface area contributed by atoms with E-state index in [0.29, 0.717) is 4.74 Å². The van der Waals surface area contributed by atoms with E-state index in [1.807, 2.05) is 0 Å². The van der Waals surface area contributed by atoms with E-state index in [2.05, 4.69) is 4.74 Å². The summed E-state index contributed by atoms with van der Waals surface area (Å²) in [6, 6.07) is 9.12. The number of benzene rings is 2. The van der Waals surface area contributed by atoms with Gasteiger partial charge in [-0.15, -0.1) is 13.2 Å². The van der Waals surface area contributed by atoms with Gasteiger partial charge >= 0.3 is 6.36 Å². The van der Waals surface area contributed by atoms with Crippen LogP contribution in [0.5, 0.6) is 11.5 Å². The lowest BCUT2D eigenvalue weighted by Gasteiger charge is -2.09. The highest BCUT2D eigenvalue weighted by Crippen LogP contribution is 2.36. The van der Waals surface area contributed by atoms with Crippen molar-refractivity contribution >= 4 is 17.2 Å². The Hall–Kier alpha value is -3.03. The minimum absolute atomic E-state index is 0.0793. The molecule has 0 saturated carbocycles. The van der Waals surface area contributed by atoms with E-state index >= 15 is 0 Å². The largest absolute Gasteiger partial charge is 0.618 e. The van der Waals surface area contributed by atoms with Gasteiger partial charge in [0.05, 0.1) is 12.7 Å². The Labute approximate surface area is 134 Å². The van der Waals surface area contributed by atoms with Crippen LogP contribution in [-0.2, 0) is 0 Å². The minimum Gasteiger partial charge on any atom is -0.618 e. The Morgan fingerprint density at radius 2 is 1.75 bits per heavy atom. The molecular formula is C16H10F3NO4. The number of carbonyl (C=O) groups is 1. The summed E-state index contributed by atoms with van der Waals surface area (Å²) in [7, 11) is 1.37. The molecule has 1 aliphatic heterocycles. The van der Waals surface area contributed by atoms with Gasteiger partial charge in [0.25, 0.3) is 17.2 Å². The first-order valence-corrected chi connectivity index (χ1v) is 6.74. The van der Waals surface area contributed by atoms with Crippen molar-refractivity contribution in [2.24, 2.45) is 0 Å². The molecular weight excluding hydrogens is 327 g/mol. The van der Waals surface area contributed by atoms with Gasteiger partial charge in [-0.2, -0.15) is 4.74 Å². The molecule has 0 aliphatic carbocycles. The summed E-state index contributed by atoms with van der Waals surface area (Å²) in [6.45, 7) is 0. The Kier molecular flexibility index (Phi) is 3.67. The van der Waals surface area contributed by atoms with Crippen LogP contribution in [0.25, 0.3) is 0 Å². The first-order valence-electron chi connectivity index (χ1n) is 6.74. The van der Waals surface area contributed by atoms with E-state index in [1.54, 1.807) is 12.1 Å². The second-order valence-corrected chi connectivity index (χ2v) is 4.90. The number of fused-ring (bicyclic) bond motifs is 1. The molecule has 0 N–H and O–H groups in total. The molecule has 24 heavy (non-hydrogen) atoms. The van der Waals surface area contributed by atoms with Crippen LogP contribution in [0, 0.1) is 5.21 Å². The predicted molar refractivity (Wildman–Crippen MR) is 77.8 cm³/mol. The highest BCUT2D eigenvalue weighted by Gasteiger charge is 2.39. The SMILES string of the molecule is COc1cccc2c1[N+]([O-])=C(c1ccc(OC(F)(F)F)cc1)C2=O. The lowest BCUT2D eigenvalue weighted by atomic mass is 10.0. The molecule has 0 aromatic heterocycles. The second kappa shape index (κ2) is 5.55. The molecule has 0 amide bonds. The van der Waals surface area contributed by atoms with Crippen LogP contribution in [0.4, 0.5) is 18.9 Å². The molecule has 1 aliphatic rings. The molecule has 5 nitrogen and oxygen atoms in total. The molecule has 2 aromatic carbocycles. The van der Waals surface area contributed by atoms with Gasteiger partial charge in [0.15, 0.2) is 5.75 Å². The molecule has 2 aromatic rings. The summed E-state index contributed by atoms with van der Waals surface area (Å²) in [5.41, 5.74) is 0.251. The predicted octanol–water partition coefficient (Wildman–Crippen LogP) is 3.42. The highest BCUT2D eigenvalue weighted by molar-refractivity contribution is 6.52. The number of ether oxygens (including phenoxy) is 2. The summed E-state index contributed by atoms with van der Waals surface area (Å²) in [4.78, 5) is 12.4. The van der Waals surface area contributed by atoms with Crippen LogP contribution < -0.4 is 9.47 Å². The van der Waals surface area contributed by atoms with Gasteiger partial charge in [-0.05, 0) is 36.4 Å². The van der Waals surface area contributed by atoms with Gasteiger partial charge in [0.1, 0.15) is 11.3 Å². The van der Waals surface area contributed by atoms with Gasteiger partial charge in [0, 0.05) is 0 Å². The molecule has 0 spiro atoms. The van der Waals surface area contributed by atoms with Gasteiger partial charge < -0.3 is 14.7 Å². The normalized spacial score (nSPS) is 13.9. The maximum absolute atomic E-state index is 12.5. The lowest BCUT2D eigenvalue weighted by molar-refractivity contribution is -0.356. The van der Waals surface area contributed by atoms with Crippen LogP contribution in [0.2, 0.25) is 0 Å². The number of carbonyl (C=O) groups excluding carboxylic acids is 1. The highest BCUT2D eigenvalue weighted by atomic mass is 19.4. The number of halogens is 3. The smallest absolute Gasteiger partial charge is 0.573 e. The number of para-hydroxylation sites is 1. The van der Waals surface area contributed by atoms with Crippen LogP contribution in [0.3, 0.4) is 0 Å². The van der Waals surface area contributed by atoms with Crippen LogP contribution >= 0.6 is 0 Å². The van der Waals surface area contributed by atoms with Crippen LogP contribution in [-0.4, -0.2) is 29.7 Å². The molecule has 0 unspecified atom stereocenters. The fraction of sp³-hybridized carbons (Fsp3) is 0.125. The number of ketones is 1. The first-order chi connectivity index (χ1) is 11.3. The third kappa shape index (κ3) is 2.66. The first kappa shape index (κ1) is 15.9. The van der Waals surface area contributed by atoms with Crippen molar-refractivity contribution in [2.75, 3.05) is 7.11 Å². The van der Waals surface area contributed by atoms with E-state index in [-0.39, 0.29) is 28.3 Å². The number of hydrogen-bond donors (Lipinski definition) is 0. The monoisotopic (exact) mass is 337 g/mol. The molecule has 0 radical (unpaired) electrons. The molecule has 3 rings (SSSR count). The number of Topliss-reactive ketones (excluding diaryl/α,β-unsaturated/α-hetero) is 1. The molecule has 8 heteroatoms. The molecule has 0 saturated heterocycles. The maximum atomic E-state index is 12.5. The van der Waals surface area contributed by atoms with Crippen molar-refractivity contribution in [1.82, 2.24) is 0 Å². The Balaban J connectivity index is 2.01. The van der Waals surface area contributed by atoms with Crippen molar-refractivity contribution < 1.29 is 32.2 Å². The molecule has 0 fully saturated rings. The molecule has 0 atom stereocenters. The van der Waals surface area contributed by atoms with Gasteiger partial charge in [-0.25, -0.2) is 0 Å². The molecule has 0 bridgehead atoms. The summed E-state index contributed by atoms with van der Waals surface area (Å²) in [5.74, 6) is -0.726.